The number of ether oxygens (including phenoxy) is 1. The third-order valence-electron chi connectivity index (χ3n) is 2.24. The van der Waals surface area contributed by atoms with Crippen LogP contribution in [0.25, 0.3) is 0 Å². The first-order valence-corrected chi connectivity index (χ1v) is 4.83. The number of nitrogens with one attached hydrogen (secondary N) is 1. The largest absolute Gasteiger partial charge is 0.389 e. The molecule has 1 aliphatic rings. The summed E-state index contributed by atoms with van der Waals surface area (Å²) in [5.41, 5.74) is 0. The first kappa shape index (κ1) is 9.96. The van der Waals surface area contributed by atoms with Crippen LogP contribution in [0.3, 0.4) is 0 Å². The van der Waals surface area contributed by atoms with Crippen LogP contribution < -0.4 is 5.32 Å². The van der Waals surface area contributed by atoms with Crippen molar-refractivity contribution in [1.82, 2.24) is 5.32 Å². The second-order valence-corrected chi connectivity index (χ2v) is 3.37. The highest BCUT2D eigenvalue weighted by atomic mass is 16.5. The maximum atomic E-state index is 9.36. The molecule has 0 spiro atoms. The molecule has 0 bridgehead atoms. The molecule has 0 aromatic carbocycles. The molecule has 3 heteroatoms. The van der Waals surface area contributed by atoms with Gasteiger partial charge >= 0.3 is 0 Å². The van der Waals surface area contributed by atoms with Gasteiger partial charge in [0.15, 0.2) is 0 Å². The molecule has 12 heavy (non-hydrogen) atoms. The molecular weight excluding hydrogens is 154 g/mol. The van der Waals surface area contributed by atoms with E-state index in [1.165, 1.54) is 19.3 Å². The molecule has 1 aliphatic heterocycles. The first-order valence-electron chi connectivity index (χ1n) is 4.83. The molecule has 0 radical (unpaired) electrons. The minimum atomic E-state index is -0.299. The molecule has 2 atom stereocenters. The molecule has 0 aromatic heterocycles. The van der Waals surface area contributed by atoms with Crippen molar-refractivity contribution >= 4 is 0 Å². The van der Waals surface area contributed by atoms with Crippen molar-refractivity contribution in [2.75, 3.05) is 19.8 Å². The molecule has 1 fully saturated rings. The van der Waals surface area contributed by atoms with Crippen molar-refractivity contribution in [3.63, 3.8) is 0 Å². The highest BCUT2D eigenvalue weighted by molar-refractivity contribution is 4.80. The molecule has 1 rings (SSSR count). The van der Waals surface area contributed by atoms with Gasteiger partial charge in [-0.3, -0.25) is 0 Å². The van der Waals surface area contributed by atoms with Crippen LogP contribution in [0, 0.1) is 0 Å². The fourth-order valence-electron chi connectivity index (χ4n) is 1.40. The topological polar surface area (TPSA) is 41.5 Å². The first-order chi connectivity index (χ1) is 5.84. The molecule has 0 amide bonds. The van der Waals surface area contributed by atoms with Crippen molar-refractivity contribution in [2.24, 2.45) is 0 Å². The summed E-state index contributed by atoms with van der Waals surface area (Å²) in [5.74, 6) is 0. The highest BCUT2D eigenvalue weighted by Gasteiger charge is 2.24. The van der Waals surface area contributed by atoms with Crippen LogP contribution in [-0.4, -0.2) is 37.0 Å². The van der Waals surface area contributed by atoms with E-state index in [4.69, 9.17) is 4.74 Å². The van der Waals surface area contributed by atoms with Gasteiger partial charge in [-0.2, -0.15) is 0 Å². The van der Waals surface area contributed by atoms with Gasteiger partial charge in [0.25, 0.3) is 0 Å². The van der Waals surface area contributed by atoms with Crippen molar-refractivity contribution in [3.05, 3.63) is 0 Å². The van der Waals surface area contributed by atoms with Crippen molar-refractivity contribution in [3.8, 4) is 0 Å². The molecule has 72 valence electrons. The molecule has 1 heterocycles. The summed E-state index contributed by atoms with van der Waals surface area (Å²) in [5, 5.41) is 12.6. The van der Waals surface area contributed by atoms with E-state index in [1.54, 1.807) is 0 Å². The van der Waals surface area contributed by atoms with Crippen LogP contribution >= 0.6 is 0 Å². The van der Waals surface area contributed by atoms with Gasteiger partial charge in [-0.15, -0.1) is 0 Å². The zero-order valence-corrected chi connectivity index (χ0v) is 7.75. The van der Waals surface area contributed by atoms with E-state index in [-0.39, 0.29) is 12.1 Å². The van der Waals surface area contributed by atoms with Crippen molar-refractivity contribution < 1.29 is 9.84 Å². The fraction of sp³-hybridized carbons (Fsp3) is 1.00. The van der Waals surface area contributed by atoms with Crippen molar-refractivity contribution in [2.45, 2.75) is 38.3 Å². The van der Waals surface area contributed by atoms with Gasteiger partial charge in [0, 0.05) is 0 Å². The van der Waals surface area contributed by atoms with Crippen LogP contribution in [0.2, 0.25) is 0 Å². The van der Waals surface area contributed by atoms with E-state index in [9.17, 15) is 5.11 Å². The zero-order valence-electron chi connectivity index (χ0n) is 7.75. The minimum absolute atomic E-state index is 0.168. The van der Waals surface area contributed by atoms with E-state index in [0.29, 0.717) is 13.2 Å². The normalized spacial score (nSPS) is 29.5. The lowest BCUT2D eigenvalue weighted by Gasteiger charge is -2.13. The number of hydrogen-bond acceptors (Lipinski definition) is 3. The zero-order chi connectivity index (χ0) is 8.81. The Labute approximate surface area is 74.1 Å². The summed E-state index contributed by atoms with van der Waals surface area (Å²) in [6.45, 7) is 4.34. The quantitative estimate of drug-likeness (QED) is 0.596. The van der Waals surface area contributed by atoms with E-state index in [0.717, 1.165) is 6.54 Å². The summed E-state index contributed by atoms with van der Waals surface area (Å²) in [7, 11) is 0. The van der Waals surface area contributed by atoms with Crippen LogP contribution in [0.1, 0.15) is 26.2 Å². The number of hydrogen-bond donors (Lipinski definition) is 2. The predicted octanol–water partition coefficient (Wildman–Crippen LogP) is 0.526. The average molecular weight is 173 g/mol. The van der Waals surface area contributed by atoms with Gasteiger partial charge in [-0.05, 0) is 13.0 Å². The molecular formula is C9H19NO2. The number of aliphatic hydroxyl groups is 1. The van der Waals surface area contributed by atoms with Gasteiger partial charge in [0.1, 0.15) is 0 Å². The summed E-state index contributed by atoms with van der Waals surface area (Å²) in [6, 6.07) is 0.168. The van der Waals surface area contributed by atoms with E-state index >= 15 is 0 Å². The number of unbranched alkanes of at least 4 members (excludes halogenated alkanes) is 2. The van der Waals surface area contributed by atoms with Gasteiger partial charge in [0.2, 0.25) is 0 Å². The fourth-order valence-corrected chi connectivity index (χ4v) is 1.40. The molecule has 1 saturated heterocycles. The van der Waals surface area contributed by atoms with Gasteiger partial charge < -0.3 is 15.2 Å². The minimum Gasteiger partial charge on any atom is -0.389 e. The average Bonchev–Trinajstić information content (AvgIpc) is 2.46. The Morgan fingerprint density at radius 1 is 1.42 bits per heavy atom. The Morgan fingerprint density at radius 2 is 2.25 bits per heavy atom. The van der Waals surface area contributed by atoms with Crippen LogP contribution in [-0.2, 0) is 4.74 Å². The predicted molar refractivity (Wildman–Crippen MR) is 48.1 cm³/mol. The Morgan fingerprint density at radius 3 is 2.83 bits per heavy atom. The van der Waals surface area contributed by atoms with Gasteiger partial charge in [0.05, 0.1) is 25.4 Å². The van der Waals surface area contributed by atoms with Gasteiger partial charge in [-0.1, -0.05) is 19.8 Å². The third kappa shape index (κ3) is 3.09. The van der Waals surface area contributed by atoms with Gasteiger partial charge in [-0.25, -0.2) is 0 Å². The lowest BCUT2D eigenvalue weighted by Crippen LogP contribution is -2.39. The molecule has 3 nitrogen and oxygen atoms in total. The molecule has 0 unspecified atom stereocenters. The van der Waals surface area contributed by atoms with E-state index in [1.807, 2.05) is 0 Å². The molecule has 0 aliphatic carbocycles. The lowest BCUT2D eigenvalue weighted by atomic mass is 10.2. The second-order valence-electron chi connectivity index (χ2n) is 3.37. The smallest absolute Gasteiger partial charge is 0.0948 e. The molecule has 2 N–H and O–H groups in total. The van der Waals surface area contributed by atoms with Crippen LogP contribution in [0.5, 0.6) is 0 Å². The van der Waals surface area contributed by atoms with Crippen LogP contribution in [0.15, 0.2) is 0 Å². The Kier molecular flexibility index (Phi) is 4.58. The summed E-state index contributed by atoms with van der Waals surface area (Å²) in [4.78, 5) is 0. The maximum absolute atomic E-state index is 9.36. The van der Waals surface area contributed by atoms with E-state index < -0.39 is 0 Å². The molecule has 0 aromatic rings. The number of aliphatic hydroxyl groups excluding tert-OH is 1. The standard InChI is InChI=1S/C9H19NO2/c1-2-3-4-5-10-8-6-12-7-9(8)11/h8-11H,2-7H2,1H3/t8-,9-/m0/s1. The summed E-state index contributed by atoms with van der Waals surface area (Å²) in [6.07, 6.45) is 3.40. The SMILES string of the molecule is CCCCCN[C@H]1COC[C@@H]1O. The number of rotatable bonds is 5. The highest BCUT2D eigenvalue weighted by Crippen LogP contribution is 2.05. The summed E-state index contributed by atoms with van der Waals surface area (Å²) >= 11 is 0. The Bertz CT molecular complexity index is 119. The Hall–Kier alpha value is -0.120. The van der Waals surface area contributed by atoms with Crippen molar-refractivity contribution in [1.29, 1.82) is 0 Å². The third-order valence-corrected chi connectivity index (χ3v) is 2.24. The maximum Gasteiger partial charge on any atom is 0.0948 e. The second kappa shape index (κ2) is 5.51. The lowest BCUT2D eigenvalue weighted by molar-refractivity contribution is 0.122. The summed E-state index contributed by atoms with van der Waals surface area (Å²) < 4.78 is 5.11. The van der Waals surface area contributed by atoms with Crippen LogP contribution in [0.4, 0.5) is 0 Å². The Balaban J connectivity index is 1.98. The monoisotopic (exact) mass is 173 g/mol. The van der Waals surface area contributed by atoms with E-state index in [2.05, 4.69) is 12.2 Å². The molecule has 0 saturated carbocycles.